The summed E-state index contributed by atoms with van der Waals surface area (Å²) in [6.45, 7) is 5.10. The highest BCUT2D eigenvalue weighted by atomic mass is 32.1. The van der Waals surface area contributed by atoms with E-state index in [-0.39, 0.29) is 18.0 Å². The van der Waals surface area contributed by atoms with Crippen molar-refractivity contribution in [2.75, 3.05) is 32.8 Å². The van der Waals surface area contributed by atoms with Crippen molar-refractivity contribution in [1.82, 2.24) is 10.2 Å². The zero-order valence-electron chi connectivity index (χ0n) is 11.9. The van der Waals surface area contributed by atoms with Gasteiger partial charge in [0.15, 0.2) is 0 Å². The van der Waals surface area contributed by atoms with E-state index in [1.165, 1.54) is 4.88 Å². The quantitative estimate of drug-likeness (QED) is 0.821. The number of rotatable bonds is 6. The molecule has 1 saturated heterocycles. The zero-order valence-corrected chi connectivity index (χ0v) is 12.7. The Morgan fingerprint density at radius 2 is 2.55 bits per heavy atom. The van der Waals surface area contributed by atoms with Crippen molar-refractivity contribution in [2.45, 2.75) is 25.4 Å². The fraction of sp³-hybridized carbons (Fsp3) is 0.643. The second-order valence-electron chi connectivity index (χ2n) is 4.89. The zero-order chi connectivity index (χ0) is 14.4. The van der Waals surface area contributed by atoms with Crippen molar-refractivity contribution < 1.29 is 9.53 Å². The molecule has 0 saturated carbocycles. The van der Waals surface area contributed by atoms with Crippen molar-refractivity contribution in [2.24, 2.45) is 5.73 Å². The topological polar surface area (TPSA) is 67.6 Å². The third kappa shape index (κ3) is 3.58. The van der Waals surface area contributed by atoms with Crippen LogP contribution in [0.5, 0.6) is 0 Å². The lowest BCUT2D eigenvalue weighted by Gasteiger charge is -2.39. The first-order valence-corrected chi connectivity index (χ1v) is 8.00. The Hall–Kier alpha value is -0.950. The van der Waals surface area contributed by atoms with Gasteiger partial charge in [0.05, 0.1) is 19.3 Å². The molecule has 20 heavy (non-hydrogen) atoms. The largest absolute Gasteiger partial charge is 0.378 e. The molecule has 0 bridgehead atoms. The van der Waals surface area contributed by atoms with Gasteiger partial charge in [-0.25, -0.2) is 0 Å². The normalized spacial score (nSPS) is 21.6. The Kier molecular flexibility index (Phi) is 5.97. The van der Waals surface area contributed by atoms with Gasteiger partial charge < -0.3 is 15.8 Å². The SMILES string of the molecule is CCCNC(=O)C1COCCN1C(CN)c1cccs1. The molecule has 0 aromatic carbocycles. The first kappa shape index (κ1) is 15.4. The Bertz CT molecular complexity index is 411. The highest BCUT2D eigenvalue weighted by Gasteiger charge is 2.34. The van der Waals surface area contributed by atoms with Gasteiger partial charge in [-0.15, -0.1) is 11.3 Å². The smallest absolute Gasteiger partial charge is 0.239 e. The number of carbonyl (C=O) groups is 1. The van der Waals surface area contributed by atoms with Crippen LogP contribution in [0.4, 0.5) is 0 Å². The number of hydrogen-bond acceptors (Lipinski definition) is 5. The number of thiophene rings is 1. The van der Waals surface area contributed by atoms with Crippen LogP contribution in [0, 0.1) is 0 Å². The van der Waals surface area contributed by atoms with Crippen molar-refractivity contribution in [3.63, 3.8) is 0 Å². The van der Waals surface area contributed by atoms with Crippen LogP contribution in [0.3, 0.4) is 0 Å². The summed E-state index contributed by atoms with van der Waals surface area (Å²) in [6, 6.07) is 3.95. The van der Waals surface area contributed by atoms with Gasteiger partial charge in [-0.1, -0.05) is 13.0 Å². The highest BCUT2D eigenvalue weighted by Crippen LogP contribution is 2.27. The number of amides is 1. The molecule has 0 aliphatic carbocycles. The molecule has 6 heteroatoms. The molecule has 2 atom stereocenters. The standard InChI is InChI=1S/C14H23N3O2S/c1-2-5-16-14(18)12-10-19-7-6-17(12)11(9-15)13-4-3-8-20-13/h3-4,8,11-12H,2,5-7,9-10,15H2,1H3,(H,16,18). The van der Waals surface area contributed by atoms with Crippen LogP contribution in [0.25, 0.3) is 0 Å². The summed E-state index contributed by atoms with van der Waals surface area (Å²) >= 11 is 1.69. The first-order valence-electron chi connectivity index (χ1n) is 7.12. The third-order valence-corrected chi connectivity index (χ3v) is 4.49. The van der Waals surface area contributed by atoms with E-state index in [2.05, 4.69) is 16.3 Å². The van der Waals surface area contributed by atoms with Gasteiger partial charge in [-0.2, -0.15) is 0 Å². The van der Waals surface area contributed by atoms with Crippen LogP contribution >= 0.6 is 11.3 Å². The van der Waals surface area contributed by atoms with Gasteiger partial charge in [0, 0.05) is 24.5 Å². The lowest BCUT2D eigenvalue weighted by molar-refractivity contribution is -0.134. The maximum atomic E-state index is 12.3. The molecule has 1 aliphatic rings. The van der Waals surface area contributed by atoms with Gasteiger partial charge in [-0.3, -0.25) is 9.69 Å². The number of nitrogens with zero attached hydrogens (tertiary/aromatic N) is 1. The molecule has 1 aliphatic heterocycles. The van der Waals surface area contributed by atoms with E-state index in [0.717, 1.165) is 13.0 Å². The van der Waals surface area contributed by atoms with Crippen molar-refractivity contribution in [3.05, 3.63) is 22.4 Å². The lowest BCUT2D eigenvalue weighted by atomic mass is 10.1. The molecule has 0 radical (unpaired) electrons. The maximum Gasteiger partial charge on any atom is 0.239 e. The molecule has 5 nitrogen and oxygen atoms in total. The van der Waals surface area contributed by atoms with Crippen LogP contribution in [0.15, 0.2) is 17.5 Å². The highest BCUT2D eigenvalue weighted by molar-refractivity contribution is 7.10. The lowest BCUT2D eigenvalue weighted by Crippen LogP contribution is -2.55. The Morgan fingerprint density at radius 3 is 3.20 bits per heavy atom. The fourth-order valence-electron chi connectivity index (χ4n) is 2.48. The Balaban J connectivity index is 2.11. The van der Waals surface area contributed by atoms with E-state index in [1.54, 1.807) is 11.3 Å². The summed E-state index contributed by atoms with van der Waals surface area (Å²) in [5.41, 5.74) is 5.95. The fourth-order valence-corrected chi connectivity index (χ4v) is 3.34. The molecule has 3 N–H and O–H groups in total. The van der Waals surface area contributed by atoms with Crippen molar-refractivity contribution >= 4 is 17.2 Å². The average molecular weight is 297 g/mol. The van der Waals surface area contributed by atoms with Crippen LogP contribution in [0.2, 0.25) is 0 Å². The molecule has 2 rings (SSSR count). The number of carbonyl (C=O) groups excluding carboxylic acids is 1. The van der Waals surface area contributed by atoms with Crippen LogP contribution < -0.4 is 11.1 Å². The summed E-state index contributed by atoms with van der Waals surface area (Å²) in [5, 5.41) is 5.00. The Morgan fingerprint density at radius 1 is 1.70 bits per heavy atom. The monoisotopic (exact) mass is 297 g/mol. The summed E-state index contributed by atoms with van der Waals surface area (Å²) in [6.07, 6.45) is 0.935. The number of nitrogens with two attached hydrogens (primary N) is 1. The van der Waals surface area contributed by atoms with E-state index >= 15 is 0 Å². The molecule has 1 fully saturated rings. The molecular formula is C14H23N3O2S. The molecule has 112 valence electrons. The molecule has 0 spiro atoms. The van der Waals surface area contributed by atoms with Crippen LogP contribution in [0.1, 0.15) is 24.3 Å². The van der Waals surface area contributed by atoms with Gasteiger partial charge >= 0.3 is 0 Å². The predicted octanol–water partition coefficient (Wildman–Crippen LogP) is 0.975. The van der Waals surface area contributed by atoms with E-state index in [0.29, 0.717) is 26.3 Å². The summed E-state index contributed by atoms with van der Waals surface area (Å²) in [5.74, 6) is 0.0431. The van der Waals surface area contributed by atoms with Crippen LogP contribution in [-0.2, 0) is 9.53 Å². The second kappa shape index (κ2) is 7.73. The average Bonchev–Trinajstić information content (AvgIpc) is 3.00. The minimum Gasteiger partial charge on any atom is -0.378 e. The maximum absolute atomic E-state index is 12.3. The third-order valence-electron chi connectivity index (χ3n) is 3.52. The number of nitrogens with one attached hydrogen (secondary N) is 1. The van der Waals surface area contributed by atoms with E-state index in [1.807, 2.05) is 18.4 Å². The molecular weight excluding hydrogens is 274 g/mol. The van der Waals surface area contributed by atoms with Crippen LogP contribution in [-0.4, -0.2) is 49.7 Å². The number of ether oxygens (including phenoxy) is 1. The number of hydrogen-bond donors (Lipinski definition) is 2. The molecule has 1 aromatic heterocycles. The molecule has 2 unspecified atom stereocenters. The number of morpholine rings is 1. The van der Waals surface area contributed by atoms with Crippen molar-refractivity contribution in [1.29, 1.82) is 0 Å². The Labute approximate surface area is 124 Å². The van der Waals surface area contributed by atoms with Gasteiger partial charge in [0.1, 0.15) is 6.04 Å². The summed E-state index contributed by atoms with van der Waals surface area (Å²) in [7, 11) is 0. The predicted molar refractivity (Wildman–Crippen MR) is 80.7 cm³/mol. The minimum atomic E-state index is -0.244. The molecule has 2 heterocycles. The molecule has 1 aromatic rings. The minimum absolute atomic E-state index is 0.0431. The first-order chi connectivity index (χ1) is 9.77. The van der Waals surface area contributed by atoms with E-state index in [4.69, 9.17) is 10.5 Å². The second-order valence-corrected chi connectivity index (χ2v) is 5.87. The van der Waals surface area contributed by atoms with Gasteiger partial charge in [0.2, 0.25) is 5.91 Å². The van der Waals surface area contributed by atoms with E-state index in [9.17, 15) is 4.79 Å². The van der Waals surface area contributed by atoms with Gasteiger partial charge in [-0.05, 0) is 17.9 Å². The van der Waals surface area contributed by atoms with E-state index < -0.39 is 0 Å². The van der Waals surface area contributed by atoms with Crippen molar-refractivity contribution in [3.8, 4) is 0 Å². The summed E-state index contributed by atoms with van der Waals surface area (Å²) < 4.78 is 5.49. The molecule has 1 amide bonds. The summed E-state index contributed by atoms with van der Waals surface area (Å²) in [4.78, 5) is 15.7. The van der Waals surface area contributed by atoms with Gasteiger partial charge in [0.25, 0.3) is 0 Å².